The molecule has 0 bridgehead atoms. The monoisotopic (exact) mass is 182 g/mol. The molecule has 4 nitrogen and oxygen atoms in total. The van der Waals surface area contributed by atoms with E-state index in [4.69, 9.17) is 15.2 Å². The summed E-state index contributed by atoms with van der Waals surface area (Å²) in [5.74, 6) is 1.01. The fourth-order valence-electron chi connectivity index (χ4n) is 0.944. The Kier molecular flexibility index (Phi) is 3.37. The van der Waals surface area contributed by atoms with E-state index in [9.17, 15) is 0 Å². The molecule has 2 N–H and O–H groups in total. The van der Waals surface area contributed by atoms with Crippen molar-refractivity contribution in [2.45, 2.75) is 13.8 Å². The Morgan fingerprint density at radius 3 is 2.00 bits per heavy atom. The molecule has 4 heteroatoms. The van der Waals surface area contributed by atoms with E-state index in [0.717, 1.165) is 0 Å². The van der Waals surface area contributed by atoms with Crippen molar-refractivity contribution in [3.8, 4) is 11.8 Å². The molecule has 13 heavy (non-hydrogen) atoms. The molecule has 0 unspecified atom stereocenters. The van der Waals surface area contributed by atoms with E-state index in [0.29, 0.717) is 30.7 Å². The average molecular weight is 182 g/mol. The predicted molar refractivity (Wildman–Crippen MR) is 51.0 cm³/mol. The summed E-state index contributed by atoms with van der Waals surface area (Å²) in [6.07, 6.45) is 0. The fraction of sp³-hybridized carbons (Fsp3) is 0.444. The van der Waals surface area contributed by atoms with Gasteiger partial charge in [-0.2, -0.15) is 4.98 Å². The Morgan fingerprint density at radius 1 is 1.15 bits per heavy atom. The number of ether oxygens (including phenoxy) is 2. The normalized spacial score (nSPS) is 9.69. The zero-order valence-electron chi connectivity index (χ0n) is 7.91. The van der Waals surface area contributed by atoms with E-state index < -0.39 is 0 Å². The van der Waals surface area contributed by atoms with Crippen molar-refractivity contribution < 1.29 is 9.47 Å². The lowest BCUT2D eigenvalue weighted by Gasteiger charge is -2.06. The highest BCUT2D eigenvalue weighted by molar-refractivity contribution is 5.44. The molecule has 0 atom stereocenters. The third-order valence-corrected chi connectivity index (χ3v) is 1.39. The van der Waals surface area contributed by atoms with Gasteiger partial charge in [0, 0.05) is 17.8 Å². The Morgan fingerprint density at radius 2 is 1.62 bits per heavy atom. The lowest BCUT2D eigenvalue weighted by Crippen LogP contribution is -2.00. The summed E-state index contributed by atoms with van der Waals surface area (Å²) in [5.41, 5.74) is 6.22. The van der Waals surface area contributed by atoms with Crippen molar-refractivity contribution in [2.24, 2.45) is 0 Å². The second-order valence-corrected chi connectivity index (χ2v) is 2.44. The standard InChI is InChI=1S/C9H14N2O2/c1-3-12-8-5-7(10)6-9(11-8)13-4-2/h5-6H,3-4H2,1-2H3,(H2,10,11). The average Bonchev–Trinajstić information content (AvgIpc) is 2.04. The van der Waals surface area contributed by atoms with Crippen LogP contribution in [-0.4, -0.2) is 18.2 Å². The smallest absolute Gasteiger partial charge is 0.218 e. The van der Waals surface area contributed by atoms with Crippen LogP contribution in [0.5, 0.6) is 11.8 Å². The molecule has 0 amide bonds. The molecule has 0 radical (unpaired) electrons. The Balaban J connectivity index is 2.83. The van der Waals surface area contributed by atoms with Crippen molar-refractivity contribution >= 4 is 5.69 Å². The molecule has 72 valence electrons. The highest BCUT2D eigenvalue weighted by Crippen LogP contribution is 2.19. The Labute approximate surface area is 77.7 Å². The number of aromatic nitrogens is 1. The maximum Gasteiger partial charge on any atom is 0.218 e. The number of nitrogens with zero attached hydrogens (tertiary/aromatic N) is 1. The van der Waals surface area contributed by atoms with Crippen LogP contribution in [0.3, 0.4) is 0 Å². The van der Waals surface area contributed by atoms with E-state index in [1.165, 1.54) is 0 Å². The van der Waals surface area contributed by atoms with Gasteiger partial charge in [-0.1, -0.05) is 0 Å². The van der Waals surface area contributed by atoms with Crippen LogP contribution in [0.1, 0.15) is 13.8 Å². The summed E-state index contributed by atoms with van der Waals surface area (Å²) in [6.45, 7) is 4.93. The summed E-state index contributed by atoms with van der Waals surface area (Å²) in [6, 6.07) is 3.35. The van der Waals surface area contributed by atoms with Crippen LogP contribution >= 0.6 is 0 Å². The molecule has 0 aromatic carbocycles. The maximum absolute atomic E-state index is 5.62. The van der Waals surface area contributed by atoms with E-state index in [1.807, 2.05) is 13.8 Å². The molecule has 1 heterocycles. The molecular formula is C9H14N2O2. The van der Waals surface area contributed by atoms with Gasteiger partial charge in [0.05, 0.1) is 13.2 Å². The quantitative estimate of drug-likeness (QED) is 0.765. The summed E-state index contributed by atoms with van der Waals surface area (Å²) in [4.78, 5) is 4.09. The molecule has 1 aromatic heterocycles. The highest BCUT2D eigenvalue weighted by Gasteiger charge is 2.01. The second kappa shape index (κ2) is 4.54. The van der Waals surface area contributed by atoms with Crippen LogP contribution in [0.15, 0.2) is 12.1 Å². The second-order valence-electron chi connectivity index (χ2n) is 2.44. The van der Waals surface area contributed by atoms with Gasteiger partial charge in [0.25, 0.3) is 0 Å². The Bertz CT molecular complexity index is 252. The van der Waals surface area contributed by atoms with Crippen molar-refractivity contribution in [3.05, 3.63) is 12.1 Å². The molecular weight excluding hydrogens is 168 g/mol. The molecule has 0 aliphatic rings. The zero-order valence-corrected chi connectivity index (χ0v) is 7.91. The number of rotatable bonds is 4. The van der Waals surface area contributed by atoms with Crippen LogP contribution in [0.2, 0.25) is 0 Å². The number of hydrogen-bond acceptors (Lipinski definition) is 4. The Hall–Kier alpha value is -1.45. The first-order chi connectivity index (χ1) is 6.26. The first kappa shape index (κ1) is 9.64. The molecule has 1 aromatic rings. The largest absolute Gasteiger partial charge is 0.478 e. The van der Waals surface area contributed by atoms with Crippen LogP contribution in [0, 0.1) is 0 Å². The van der Waals surface area contributed by atoms with Gasteiger partial charge >= 0.3 is 0 Å². The number of nitrogen functional groups attached to an aromatic ring is 1. The van der Waals surface area contributed by atoms with E-state index >= 15 is 0 Å². The number of nitrogens with two attached hydrogens (primary N) is 1. The lowest BCUT2D eigenvalue weighted by molar-refractivity contribution is 0.299. The van der Waals surface area contributed by atoms with Gasteiger partial charge in [-0.3, -0.25) is 0 Å². The zero-order chi connectivity index (χ0) is 9.68. The minimum absolute atomic E-state index is 0.506. The van der Waals surface area contributed by atoms with Gasteiger partial charge in [-0.15, -0.1) is 0 Å². The molecule has 0 aliphatic heterocycles. The van der Waals surface area contributed by atoms with E-state index in [2.05, 4.69) is 4.98 Å². The molecule has 0 fully saturated rings. The SMILES string of the molecule is CCOc1cc(N)cc(OCC)n1. The predicted octanol–water partition coefficient (Wildman–Crippen LogP) is 1.46. The van der Waals surface area contributed by atoms with Crippen LogP contribution in [-0.2, 0) is 0 Å². The van der Waals surface area contributed by atoms with Gasteiger partial charge in [-0.05, 0) is 13.8 Å². The number of pyridine rings is 1. The lowest BCUT2D eigenvalue weighted by atomic mass is 10.4. The van der Waals surface area contributed by atoms with Gasteiger partial charge in [0.2, 0.25) is 11.8 Å². The van der Waals surface area contributed by atoms with Crippen molar-refractivity contribution in [1.29, 1.82) is 0 Å². The topological polar surface area (TPSA) is 57.4 Å². The molecule has 0 saturated carbocycles. The summed E-state index contributed by atoms with van der Waals surface area (Å²) < 4.78 is 10.4. The first-order valence-corrected chi connectivity index (χ1v) is 4.29. The van der Waals surface area contributed by atoms with Crippen molar-refractivity contribution in [3.63, 3.8) is 0 Å². The third-order valence-electron chi connectivity index (χ3n) is 1.39. The van der Waals surface area contributed by atoms with Gasteiger partial charge in [-0.25, -0.2) is 0 Å². The summed E-state index contributed by atoms with van der Waals surface area (Å²) in [7, 11) is 0. The van der Waals surface area contributed by atoms with Crippen LogP contribution in [0.25, 0.3) is 0 Å². The van der Waals surface area contributed by atoms with Crippen molar-refractivity contribution in [1.82, 2.24) is 4.98 Å². The molecule has 0 aliphatic carbocycles. The van der Waals surface area contributed by atoms with Gasteiger partial charge in [0.15, 0.2) is 0 Å². The first-order valence-electron chi connectivity index (χ1n) is 4.29. The summed E-state index contributed by atoms with van der Waals surface area (Å²) in [5, 5.41) is 0. The van der Waals surface area contributed by atoms with E-state index in [1.54, 1.807) is 12.1 Å². The molecule has 1 rings (SSSR count). The fourth-order valence-corrected chi connectivity index (χ4v) is 0.944. The van der Waals surface area contributed by atoms with Crippen molar-refractivity contribution in [2.75, 3.05) is 18.9 Å². The highest BCUT2D eigenvalue weighted by atomic mass is 16.5. The third kappa shape index (κ3) is 2.82. The van der Waals surface area contributed by atoms with Crippen LogP contribution in [0.4, 0.5) is 5.69 Å². The number of hydrogen-bond donors (Lipinski definition) is 1. The minimum Gasteiger partial charge on any atom is -0.478 e. The molecule has 0 saturated heterocycles. The molecule has 0 spiro atoms. The van der Waals surface area contributed by atoms with Gasteiger partial charge < -0.3 is 15.2 Å². The summed E-state index contributed by atoms with van der Waals surface area (Å²) >= 11 is 0. The van der Waals surface area contributed by atoms with E-state index in [-0.39, 0.29) is 0 Å². The van der Waals surface area contributed by atoms with Gasteiger partial charge in [0.1, 0.15) is 0 Å². The number of anilines is 1. The maximum atomic E-state index is 5.62. The minimum atomic E-state index is 0.506. The van der Waals surface area contributed by atoms with Crippen LogP contribution < -0.4 is 15.2 Å².